The van der Waals surface area contributed by atoms with Gasteiger partial charge in [-0.1, -0.05) is 38.4 Å². The molecule has 0 spiro atoms. The van der Waals surface area contributed by atoms with Crippen LogP contribution in [-0.2, 0) is 15.4 Å². The largest absolute Gasteiger partial charge is 0.465 e. The van der Waals surface area contributed by atoms with Crippen LogP contribution in [0.1, 0.15) is 81.7 Å². The maximum atomic E-state index is 14.7. The first kappa shape index (κ1) is 33.1. The van der Waals surface area contributed by atoms with Gasteiger partial charge in [-0.25, -0.2) is 19.5 Å². The van der Waals surface area contributed by atoms with Crippen molar-refractivity contribution in [3.8, 4) is 0 Å². The zero-order chi connectivity index (χ0) is 32.4. The molecule has 4 rings (SSSR count). The van der Waals surface area contributed by atoms with Gasteiger partial charge in [0.2, 0.25) is 5.95 Å². The van der Waals surface area contributed by atoms with Crippen LogP contribution in [0.5, 0.6) is 0 Å². The summed E-state index contributed by atoms with van der Waals surface area (Å²) in [5.74, 6) is -1.96. The molecule has 0 aliphatic carbocycles. The number of pyridine rings is 3. The number of amides is 2. The number of halogens is 2. The van der Waals surface area contributed by atoms with Crippen LogP contribution in [0.3, 0.4) is 0 Å². The van der Waals surface area contributed by atoms with Gasteiger partial charge in [-0.05, 0) is 75.4 Å². The SMILES string of the molecule is CC(C)(C)c1ccc(C(=O)NS(=O)(=O)c2cccc(NC(CC[C@@H]3CN(C(=O)O)C(C)(C)C3)c3cc(Cl)ccn3)n2)c(F)n1. The Morgan fingerprint density at radius 1 is 1.18 bits per heavy atom. The monoisotopic (exact) mass is 646 g/mol. The molecule has 0 radical (unpaired) electrons. The Bertz CT molecular complexity index is 1660. The first-order valence-electron chi connectivity index (χ1n) is 14.1. The van der Waals surface area contributed by atoms with E-state index in [0.29, 0.717) is 42.2 Å². The maximum absolute atomic E-state index is 14.7. The summed E-state index contributed by atoms with van der Waals surface area (Å²) in [5, 5.41) is 12.8. The number of carbonyl (C=O) groups is 2. The first-order valence-corrected chi connectivity index (χ1v) is 15.9. The molecule has 3 aromatic rings. The zero-order valence-electron chi connectivity index (χ0n) is 25.1. The quantitative estimate of drug-likeness (QED) is 0.245. The number of nitrogens with one attached hydrogen (secondary N) is 2. The van der Waals surface area contributed by atoms with Gasteiger partial charge >= 0.3 is 6.09 Å². The minimum Gasteiger partial charge on any atom is -0.465 e. The fourth-order valence-electron chi connectivity index (χ4n) is 5.30. The van der Waals surface area contributed by atoms with E-state index >= 15 is 0 Å². The van der Waals surface area contributed by atoms with Gasteiger partial charge < -0.3 is 15.3 Å². The van der Waals surface area contributed by atoms with Gasteiger partial charge in [0.25, 0.3) is 15.9 Å². The lowest BCUT2D eigenvalue weighted by Crippen LogP contribution is -2.41. The Morgan fingerprint density at radius 2 is 1.91 bits per heavy atom. The summed E-state index contributed by atoms with van der Waals surface area (Å²) in [6.07, 6.45) is 2.46. The van der Waals surface area contributed by atoms with Gasteiger partial charge in [-0.15, -0.1) is 0 Å². The Morgan fingerprint density at radius 3 is 2.52 bits per heavy atom. The molecular formula is C30H36ClFN6O5S. The lowest BCUT2D eigenvalue weighted by atomic mass is 9.91. The molecule has 1 saturated heterocycles. The van der Waals surface area contributed by atoms with E-state index in [1.54, 1.807) is 24.4 Å². The molecule has 11 nitrogen and oxygen atoms in total. The Labute approximate surface area is 261 Å². The number of sulfonamides is 1. The molecule has 3 N–H and O–H groups in total. The molecule has 0 bridgehead atoms. The van der Waals surface area contributed by atoms with Crippen molar-refractivity contribution in [2.24, 2.45) is 5.92 Å². The van der Waals surface area contributed by atoms with E-state index in [4.69, 9.17) is 11.6 Å². The van der Waals surface area contributed by atoms with E-state index in [-0.39, 0.29) is 11.7 Å². The molecule has 0 aromatic carbocycles. The average Bonchev–Trinajstić information content (AvgIpc) is 3.24. The highest BCUT2D eigenvalue weighted by atomic mass is 35.5. The summed E-state index contributed by atoms with van der Waals surface area (Å²) in [7, 11) is -4.49. The predicted octanol–water partition coefficient (Wildman–Crippen LogP) is 5.79. The Hall–Kier alpha value is -3.84. The summed E-state index contributed by atoms with van der Waals surface area (Å²) in [5.41, 5.74) is -0.468. The van der Waals surface area contributed by atoms with Crippen LogP contribution in [-0.4, -0.2) is 57.5 Å². The number of hydrogen-bond donors (Lipinski definition) is 3. The summed E-state index contributed by atoms with van der Waals surface area (Å²) >= 11 is 6.23. The van der Waals surface area contributed by atoms with Crippen LogP contribution < -0.4 is 10.0 Å². The highest BCUT2D eigenvalue weighted by Crippen LogP contribution is 2.37. The summed E-state index contributed by atoms with van der Waals surface area (Å²) < 4.78 is 42.7. The van der Waals surface area contributed by atoms with Crippen LogP contribution in [0.2, 0.25) is 5.02 Å². The number of anilines is 1. The Balaban J connectivity index is 1.52. The second-order valence-electron chi connectivity index (χ2n) is 12.5. The number of carboxylic acid groups (broad SMARTS) is 1. The maximum Gasteiger partial charge on any atom is 0.407 e. The van der Waals surface area contributed by atoms with E-state index < -0.39 is 55.6 Å². The van der Waals surface area contributed by atoms with Crippen molar-refractivity contribution >= 4 is 39.4 Å². The minimum atomic E-state index is -4.49. The first-order chi connectivity index (χ1) is 20.5. The van der Waals surface area contributed by atoms with Gasteiger partial charge in [0.05, 0.1) is 17.3 Å². The Kier molecular flexibility index (Phi) is 9.50. The van der Waals surface area contributed by atoms with Crippen LogP contribution in [0.4, 0.5) is 15.0 Å². The number of likely N-dealkylation sites (tertiary alicyclic amines) is 1. The second kappa shape index (κ2) is 12.6. The van der Waals surface area contributed by atoms with Crippen LogP contribution >= 0.6 is 11.6 Å². The molecule has 4 heterocycles. The number of hydrogen-bond acceptors (Lipinski definition) is 8. The fraction of sp³-hybridized carbons (Fsp3) is 0.433. The zero-order valence-corrected chi connectivity index (χ0v) is 26.7. The smallest absolute Gasteiger partial charge is 0.407 e. The fourth-order valence-corrected chi connectivity index (χ4v) is 6.40. The van der Waals surface area contributed by atoms with Crippen LogP contribution in [0, 0.1) is 11.9 Å². The average molecular weight is 647 g/mol. The molecule has 1 aliphatic heterocycles. The van der Waals surface area contributed by atoms with Gasteiger partial charge in [0, 0.05) is 34.4 Å². The lowest BCUT2D eigenvalue weighted by molar-refractivity contribution is 0.0975. The van der Waals surface area contributed by atoms with E-state index in [9.17, 15) is 27.5 Å². The number of aromatic nitrogens is 3. The van der Waals surface area contributed by atoms with Gasteiger partial charge in [-0.3, -0.25) is 9.78 Å². The van der Waals surface area contributed by atoms with Gasteiger partial charge in [0.1, 0.15) is 5.82 Å². The number of nitrogens with zero attached hydrogens (tertiary/aromatic N) is 4. The van der Waals surface area contributed by atoms with Crippen molar-refractivity contribution in [2.45, 2.75) is 75.9 Å². The molecule has 1 unspecified atom stereocenters. The summed E-state index contributed by atoms with van der Waals surface area (Å²) in [4.78, 5) is 38.4. The van der Waals surface area contributed by atoms with Crippen molar-refractivity contribution in [3.05, 3.63) is 76.6 Å². The van der Waals surface area contributed by atoms with Crippen molar-refractivity contribution in [1.82, 2.24) is 24.6 Å². The van der Waals surface area contributed by atoms with Crippen molar-refractivity contribution in [3.63, 3.8) is 0 Å². The third kappa shape index (κ3) is 7.81. The van der Waals surface area contributed by atoms with E-state index in [2.05, 4.69) is 20.3 Å². The molecule has 2 amide bonds. The summed E-state index contributed by atoms with van der Waals surface area (Å²) in [6, 6.07) is 9.79. The van der Waals surface area contributed by atoms with Crippen LogP contribution in [0.25, 0.3) is 0 Å². The lowest BCUT2D eigenvalue weighted by Gasteiger charge is -2.28. The highest BCUT2D eigenvalue weighted by Gasteiger charge is 2.41. The minimum absolute atomic E-state index is 0.104. The topological polar surface area (TPSA) is 154 Å². The molecular weight excluding hydrogens is 611 g/mol. The van der Waals surface area contributed by atoms with Crippen molar-refractivity contribution < 1.29 is 27.5 Å². The molecule has 2 atom stereocenters. The molecule has 1 fully saturated rings. The standard InChI is InChI=1S/C30H36ClFN6O5S/c1-29(2,3)23-12-10-20(26(32)35-23)27(39)37-44(42,43)25-8-6-7-24(36-25)34-21(22-15-19(31)13-14-33-22)11-9-18-16-30(4,5)38(17-18)28(40)41/h6-8,10,12-15,18,21H,9,11,16-17H2,1-5H3,(H,34,36)(H,37,39)(H,40,41)/t18-,21?/m0/s1. The van der Waals surface area contributed by atoms with Gasteiger partial charge in [0.15, 0.2) is 5.03 Å². The highest BCUT2D eigenvalue weighted by molar-refractivity contribution is 7.90. The van der Waals surface area contributed by atoms with Crippen LogP contribution in [0.15, 0.2) is 53.7 Å². The molecule has 236 valence electrons. The molecule has 14 heteroatoms. The van der Waals surface area contributed by atoms with Gasteiger partial charge in [-0.2, -0.15) is 12.8 Å². The third-order valence-electron chi connectivity index (χ3n) is 7.56. The molecule has 0 saturated carbocycles. The number of rotatable bonds is 9. The number of carbonyl (C=O) groups excluding carboxylic acids is 1. The molecule has 1 aliphatic rings. The van der Waals surface area contributed by atoms with E-state index in [0.717, 1.165) is 0 Å². The summed E-state index contributed by atoms with van der Waals surface area (Å²) in [6.45, 7) is 9.70. The second-order valence-corrected chi connectivity index (χ2v) is 14.6. The van der Waals surface area contributed by atoms with Crippen molar-refractivity contribution in [1.29, 1.82) is 0 Å². The third-order valence-corrected chi connectivity index (χ3v) is 9.03. The van der Waals surface area contributed by atoms with E-state index in [1.165, 1.54) is 29.2 Å². The predicted molar refractivity (Wildman–Crippen MR) is 164 cm³/mol. The normalized spacial score (nSPS) is 17.2. The van der Waals surface area contributed by atoms with E-state index in [1.807, 2.05) is 39.3 Å². The molecule has 44 heavy (non-hydrogen) atoms. The molecule has 3 aromatic heterocycles. The van der Waals surface area contributed by atoms with Crippen molar-refractivity contribution in [2.75, 3.05) is 11.9 Å².